The Balaban J connectivity index is 0.000000791. The summed E-state index contributed by atoms with van der Waals surface area (Å²) in [5.41, 5.74) is 0. The highest BCUT2D eigenvalue weighted by Gasteiger charge is 2.30. The van der Waals surface area contributed by atoms with Crippen LogP contribution in [0.2, 0.25) is 0 Å². The van der Waals surface area contributed by atoms with Crippen molar-refractivity contribution >= 4 is 17.7 Å². The van der Waals surface area contributed by atoms with Crippen LogP contribution in [-0.4, -0.2) is 30.1 Å². The lowest BCUT2D eigenvalue weighted by atomic mass is 10.2. The number of amides is 1. The Labute approximate surface area is 91.4 Å². The molecule has 0 spiro atoms. The van der Waals surface area contributed by atoms with Gasteiger partial charge in [0.1, 0.15) is 0 Å². The summed E-state index contributed by atoms with van der Waals surface area (Å²) in [6.07, 6.45) is 0. The van der Waals surface area contributed by atoms with Gasteiger partial charge in [-0.05, 0) is 5.92 Å². The molecule has 1 aliphatic heterocycles. The highest BCUT2D eigenvalue weighted by atomic mass is 32.2. The number of nitrogens with one attached hydrogen (secondary N) is 2. The van der Waals surface area contributed by atoms with Crippen molar-refractivity contribution in [1.29, 1.82) is 0 Å². The molecular weight excluding hydrogens is 196 g/mol. The zero-order chi connectivity index (χ0) is 11.1. The molecule has 1 rings (SSSR count). The summed E-state index contributed by atoms with van der Waals surface area (Å²) in [4.78, 5) is 11.2. The fraction of sp³-hybridized carbons (Fsp3) is 0.900. The first-order valence-electron chi connectivity index (χ1n) is 5.24. The molecule has 4 heteroatoms. The number of hydrogen-bond donors (Lipinski definition) is 2. The van der Waals surface area contributed by atoms with E-state index in [1.807, 2.05) is 25.6 Å². The Morgan fingerprint density at radius 2 is 2.07 bits per heavy atom. The molecule has 84 valence electrons. The normalized spacial score (nSPS) is 25.6. The van der Waals surface area contributed by atoms with Gasteiger partial charge in [-0.25, -0.2) is 0 Å². The highest BCUT2D eigenvalue weighted by molar-refractivity contribution is 8.00. The van der Waals surface area contributed by atoms with Crippen molar-refractivity contribution in [1.82, 2.24) is 10.6 Å². The molecule has 0 aromatic rings. The molecule has 1 heterocycles. The Morgan fingerprint density at radius 3 is 2.43 bits per heavy atom. The monoisotopic (exact) mass is 218 g/mol. The Morgan fingerprint density at radius 1 is 1.50 bits per heavy atom. The van der Waals surface area contributed by atoms with Gasteiger partial charge in [0.15, 0.2) is 0 Å². The molecule has 0 aromatic carbocycles. The van der Waals surface area contributed by atoms with Crippen LogP contribution in [0.15, 0.2) is 0 Å². The zero-order valence-electron chi connectivity index (χ0n) is 9.76. The summed E-state index contributed by atoms with van der Waals surface area (Å²) in [7, 11) is 1.68. The summed E-state index contributed by atoms with van der Waals surface area (Å²) < 4.78 is 0. The molecule has 2 unspecified atom stereocenters. The molecule has 1 fully saturated rings. The minimum Gasteiger partial charge on any atom is -0.358 e. The smallest absolute Gasteiger partial charge is 0.237 e. The minimum absolute atomic E-state index is 0.00685. The molecule has 3 nitrogen and oxygen atoms in total. The van der Waals surface area contributed by atoms with E-state index in [-0.39, 0.29) is 11.9 Å². The van der Waals surface area contributed by atoms with Gasteiger partial charge in [0.05, 0.1) is 11.4 Å². The van der Waals surface area contributed by atoms with Gasteiger partial charge >= 0.3 is 0 Å². The molecule has 0 radical (unpaired) electrons. The van der Waals surface area contributed by atoms with E-state index in [1.54, 1.807) is 7.05 Å². The number of carbonyl (C=O) groups excluding carboxylic acids is 1. The molecule has 1 aliphatic rings. The number of likely N-dealkylation sites (N-methyl/N-ethyl adjacent to an activating group) is 1. The molecular formula is C10H22N2OS. The van der Waals surface area contributed by atoms with Crippen LogP contribution in [0.5, 0.6) is 0 Å². The third-order valence-corrected chi connectivity index (χ3v) is 3.54. The lowest BCUT2D eigenvalue weighted by molar-refractivity contribution is -0.122. The van der Waals surface area contributed by atoms with Gasteiger partial charge in [0, 0.05) is 12.8 Å². The maximum absolute atomic E-state index is 11.2. The first kappa shape index (κ1) is 13.8. The quantitative estimate of drug-likeness (QED) is 0.737. The molecule has 1 amide bonds. The number of hydrogen-bond acceptors (Lipinski definition) is 3. The topological polar surface area (TPSA) is 41.1 Å². The maximum atomic E-state index is 11.2. The first-order valence-corrected chi connectivity index (χ1v) is 6.29. The average Bonchev–Trinajstić information content (AvgIpc) is 2.68. The third kappa shape index (κ3) is 3.88. The van der Waals surface area contributed by atoms with Crippen molar-refractivity contribution < 1.29 is 4.79 Å². The summed E-state index contributed by atoms with van der Waals surface area (Å²) in [6, 6.07) is 0.00685. The minimum atomic E-state index is 0.00685. The molecule has 1 saturated heterocycles. The second kappa shape index (κ2) is 7.12. The standard InChI is InChI=1S/C8H16N2OS.C2H6/c1-5(2)8-10-6(4-12-8)7(11)9-3;1-2/h5-6,8,10H,4H2,1-3H3,(H,9,11);1-2H3. The lowest BCUT2D eigenvalue weighted by Gasteiger charge is -2.15. The summed E-state index contributed by atoms with van der Waals surface area (Å²) in [5, 5.41) is 6.38. The summed E-state index contributed by atoms with van der Waals surface area (Å²) >= 11 is 1.83. The van der Waals surface area contributed by atoms with E-state index in [4.69, 9.17) is 0 Å². The maximum Gasteiger partial charge on any atom is 0.237 e. The molecule has 0 aliphatic carbocycles. The van der Waals surface area contributed by atoms with E-state index in [1.165, 1.54) is 0 Å². The van der Waals surface area contributed by atoms with Crippen LogP contribution in [0.3, 0.4) is 0 Å². The van der Waals surface area contributed by atoms with Crippen molar-refractivity contribution in [3.63, 3.8) is 0 Å². The number of carbonyl (C=O) groups is 1. The molecule has 0 aromatic heterocycles. The van der Waals surface area contributed by atoms with Crippen molar-refractivity contribution in [2.24, 2.45) is 5.92 Å². The summed E-state index contributed by atoms with van der Waals surface area (Å²) in [6.45, 7) is 8.33. The van der Waals surface area contributed by atoms with Gasteiger partial charge in [0.25, 0.3) is 0 Å². The summed E-state index contributed by atoms with van der Waals surface area (Å²) in [5.74, 6) is 1.58. The van der Waals surface area contributed by atoms with E-state index < -0.39 is 0 Å². The Kier molecular flexibility index (Phi) is 7.01. The zero-order valence-corrected chi connectivity index (χ0v) is 10.6. The molecule has 0 bridgehead atoms. The number of thioether (sulfide) groups is 1. The van der Waals surface area contributed by atoms with Crippen molar-refractivity contribution in [2.45, 2.75) is 39.1 Å². The average molecular weight is 218 g/mol. The van der Waals surface area contributed by atoms with E-state index >= 15 is 0 Å². The van der Waals surface area contributed by atoms with Crippen LogP contribution in [0.1, 0.15) is 27.7 Å². The lowest BCUT2D eigenvalue weighted by Crippen LogP contribution is -2.43. The largest absolute Gasteiger partial charge is 0.358 e. The SMILES string of the molecule is CC.CNC(=O)C1CSC(C(C)C)N1. The van der Waals surface area contributed by atoms with Crippen LogP contribution in [-0.2, 0) is 4.79 Å². The predicted octanol–water partition coefficient (Wildman–Crippen LogP) is 1.45. The van der Waals surface area contributed by atoms with Gasteiger partial charge in [-0.3, -0.25) is 10.1 Å². The molecule has 14 heavy (non-hydrogen) atoms. The van der Waals surface area contributed by atoms with Crippen molar-refractivity contribution in [3.05, 3.63) is 0 Å². The number of rotatable bonds is 2. The van der Waals surface area contributed by atoms with Gasteiger partial charge in [-0.2, -0.15) is 0 Å². The van der Waals surface area contributed by atoms with Crippen LogP contribution < -0.4 is 10.6 Å². The van der Waals surface area contributed by atoms with Crippen molar-refractivity contribution in [3.8, 4) is 0 Å². The Bertz CT molecular complexity index is 174. The molecule has 2 N–H and O–H groups in total. The highest BCUT2D eigenvalue weighted by Crippen LogP contribution is 2.24. The fourth-order valence-electron chi connectivity index (χ4n) is 1.20. The van der Waals surface area contributed by atoms with E-state index in [0.717, 1.165) is 5.75 Å². The van der Waals surface area contributed by atoms with Gasteiger partial charge in [0.2, 0.25) is 5.91 Å². The van der Waals surface area contributed by atoms with Crippen LogP contribution in [0, 0.1) is 5.92 Å². The van der Waals surface area contributed by atoms with Crippen LogP contribution in [0.25, 0.3) is 0 Å². The van der Waals surface area contributed by atoms with Gasteiger partial charge < -0.3 is 5.32 Å². The first-order chi connectivity index (χ1) is 6.65. The van der Waals surface area contributed by atoms with E-state index in [0.29, 0.717) is 11.3 Å². The van der Waals surface area contributed by atoms with E-state index in [2.05, 4.69) is 24.5 Å². The molecule has 2 atom stereocenters. The Hall–Kier alpha value is -0.220. The molecule has 0 saturated carbocycles. The second-order valence-electron chi connectivity index (χ2n) is 3.33. The fourth-order valence-corrected chi connectivity index (χ4v) is 2.50. The van der Waals surface area contributed by atoms with Crippen LogP contribution >= 0.6 is 11.8 Å². The second-order valence-corrected chi connectivity index (χ2v) is 4.51. The van der Waals surface area contributed by atoms with Crippen molar-refractivity contribution in [2.75, 3.05) is 12.8 Å². The third-order valence-electron chi connectivity index (χ3n) is 1.98. The van der Waals surface area contributed by atoms with E-state index in [9.17, 15) is 4.79 Å². The predicted molar refractivity (Wildman–Crippen MR) is 63.4 cm³/mol. The van der Waals surface area contributed by atoms with Gasteiger partial charge in [-0.15, -0.1) is 11.8 Å². The van der Waals surface area contributed by atoms with Gasteiger partial charge in [-0.1, -0.05) is 27.7 Å². The van der Waals surface area contributed by atoms with Crippen LogP contribution in [0.4, 0.5) is 0 Å².